The molecule has 0 radical (unpaired) electrons. The zero-order valence-corrected chi connectivity index (χ0v) is 15.9. The first kappa shape index (κ1) is 21.1. The average molecular weight is 409 g/mol. The lowest BCUT2D eigenvalue weighted by Gasteiger charge is -2.21. The second-order valence-electron chi connectivity index (χ2n) is 6.81. The number of carbonyl (C=O) groups is 1. The number of fused-ring (bicyclic) bond motifs is 1. The van der Waals surface area contributed by atoms with Gasteiger partial charge < -0.3 is 10.2 Å². The Morgan fingerprint density at radius 1 is 1.12 bits per heavy atom. The highest BCUT2D eigenvalue weighted by Gasteiger charge is 2.31. The second-order valence-corrected chi connectivity index (χ2v) is 8.78. The Kier molecular flexibility index (Phi) is 6.99. The summed E-state index contributed by atoms with van der Waals surface area (Å²) in [6.45, 7) is 3.45. The Balaban J connectivity index is 0.00000243. The average Bonchev–Trinajstić information content (AvgIpc) is 2.93. The molecule has 2 fully saturated rings. The molecule has 1 N–H and O–H groups in total. The molecule has 1 aromatic carbocycles. The number of carbonyl (C=O) groups excluding carboxylic acids is 1. The third-order valence-corrected chi connectivity index (χ3v) is 6.43. The monoisotopic (exact) mass is 408 g/mol. The third-order valence-electron chi connectivity index (χ3n) is 5.15. The van der Waals surface area contributed by atoms with E-state index in [1.165, 1.54) is 24.3 Å². The minimum absolute atomic E-state index is 0. The molecule has 0 saturated carbocycles. The van der Waals surface area contributed by atoms with Gasteiger partial charge in [-0.3, -0.25) is 4.79 Å². The molecule has 0 bridgehead atoms. The predicted molar refractivity (Wildman–Crippen MR) is 97.3 cm³/mol. The van der Waals surface area contributed by atoms with Gasteiger partial charge >= 0.3 is 5.76 Å². The third kappa shape index (κ3) is 4.72. The van der Waals surface area contributed by atoms with Crippen molar-refractivity contribution >= 4 is 28.2 Å². The predicted octanol–water partition coefficient (Wildman–Crippen LogP) is 2.32. The van der Waals surface area contributed by atoms with Crippen LogP contribution in [0.1, 0.15) is 28.8 Å². The van der Waals surface area contributed by atoms with Crippen molar-refractivity contribution in [2.45, 2.75) is 24.4 Å². The Hall–Kier alpha value is -1.25. The highest BCUT2D eigenvalue weighted by molar-refractivity contribution is 7.90. The maximum absolute atomic E-state index is 12.6. The van der Waals surface area contributed by atoms with Crippen molar-refractivity contribution in [3.63, 3.8) is 0 Å². The lowest BCUT2D eigenvalue weighted by atomic mass is 9.92. The Bertz CT molecular complexity index is 714. The fraction of sp³-hybridized carbons (Fsp3) is 0.588. The topological polar surface area (TPSA) is 66.5 Å². The highest BCUT2D eigenvalue weighted by Crippen LogP contribution is 2.27. The molecule has 9 heteroatoms. The van der Waals surface area contributed by atoms with Gasteiger partial charge in [0, 0.05) is 18.7 Å². The molecule has 2 heterocycles. The van der Waals surface area contributed by atoms with Gasteiger partial charge in [-0.2, -0.15) is 8.78 Å². The normalized spacial score (nSPS) is 23.3. The molecular formula is C17H23ClF2N2O3S. The molecule has 1 amide bonds. The van der Waals surface area contributed by atoms with Crippen molar-refractivity contribution in [3.05, 3.63) is 35.4 Å². The minimum Gasteiger partial charge on any atom is -0.339 e. The first-order valence-corrected chi connectivity index (χ1v) is 10.2. The second kappa shape index (κ2) is 8.63. The number of hydrogen-bond donors (Lipinski definition) is 1. The first-order chi connectivity index (χ1) is 11.9. The molecule has 2 saturated heterocycles. The van der Waals surface area contributed by atoms with E-state index in [0.29, 0.717) is 30.5 Å². The summed E-state index contributed by atoms with van der Waals surface area (Å²) in [5.74, 6) is -2.95. The van der Waals surface area contributed by atoms with E-state index in [2.05, 4.69) is 5.32 Å². The van der Waals surface area contributed by atoms with Gasteiger partial charge in [0.15, 0.2) is 0 Å². The van der Waals surface area contributed by atoms with Crippen molar-refractivity contribution in [1.82, 2.24) is 10.2 Å². The molecule has 26 heavy (non-hydrogen) atoms. The van der Waals surface area contributed by atoms with E-state index in [1.807, 2.05) is 4.90 Å². The maximum atomic E-state index is 12.6. The van der Waals surface area contributed by atoms with E-state index in [9.17, 15) is 22.0 Å². The standard InChI is InChI=1S/C17H22F2N2O3S.ClH/c18-17(19)25(23,24)11-12-1-3-13(4-2-12)16(22)21-7-5-14-9-20-10-15(14)6-8-21;/h1-4,14-15,17,20H,5-11H2;1H/t14-,15+;. The summed E-state index contributed by atoms with van der Waals surface area (Å²) in [5, 5.41) is 3.39. The molecule has 0 spiro atoms. The van der Waals surface area contributed by atoms with Crippen LogP contribution in [-0.2, 0) is 15.6 Å². The molecule has 5 nitrogen and oxygen atoms in total. The van der Waals surface area contributed by atoms with E-state index in [-0.39, 0.29) is 23.9 Å². The van der Waals surface area contributed by atoms with Gasteiger partial charge in [0.1, 0.15) is 0 Å². The minimum atomic E-state index is -4.45. The van der Waals surface area contributed by atoms with Crippen LogP contribution in [0.5, 0.6) is 0 Å². The van der Waals surface area contributed by atoms with Crippen LogP contribution in [-0.4, -0.2) is 51.2 Å². The van der Waals surface area contributed by atoms with Crippen LogP contribution in [0, 0.1) is 11.8 Å². The van der Waals surface area contributed by atoms with Crippen LogP contribution in [0.25, 0.3) is 0 Å². The van der Waals surface area contributed by atoms with Crippen LogP contribution in [0.15, 0.2) is 24.3 Å². The molecule has 2 aliphatic heterocycles. The molecule has 0 aromatic heterocycles. The van der Waals surface area contributed by atoms with Crippen molar-refractivity contribution in [3.8, 4) is 0 Å². The first-order valence-electron chi connectivity index (χ1n) is 8.45. The summed E-state index contributed by atoms with van der Waals surface area (Å²) in [7, 11) is -4.45. The quantitative estimate of drug-likeness (QED) is 0.830. The maximum Gasteiger partial charge on any atom is 0.337 e. The smallest absolute Gasteiger partial charge is 0.337 e. The number of alkyl halides is 2. The van der Waals surface area contributed by atoms with E-state index in [1.54, 1.807) is 0 Å². The lowest BCUT2D eigenvalue weighted by molar-refractivity contribution is 0.0758. The summed E-state index contributed by atoms with van der Waals surface area (Å²) in [4.78, 5) is 14.5. The van der Waals surface area contributed by atoms with Gasteiger partial charge in [0.25, 0.3) is 5.91 Å². The number of benzene rings is 1. The molecule has 1 aromatic rings. The number of halogens is 3. The van der Waals surface area contributed by atoms with Gasteiger partial charge in [0.2, 0.25) is 9.84 Å². The largest absolute Gasteiger partial charge is 0.339 e. The number of nitrogens with zero attached hydrogens (tertiary/aromatic N) is 1. The SMILES string of the molecule is Cl.O=C(c1ccc(CS(=O)(=O)C(F)F)cc1)N1CC[C@@H]2CNC[C@@H]2CC1. The number of nitrogens with one attached hydrogen (secondary N) is 1. The van der Waals surface area contributed by atoms with Gasteiger partial charge in [-0.1, -0.05) is 12.1 Å². The lowest BCUT2D eigenvalue weighted by Crippen LogP contribution is -2.32. The van der Waals surface area contributed by atoms with Gasteiger partial charge in [-0.15, -0.1) is 12.4 Å². The number of hydrogen-bond acceptors (Lipinski definition) is 4. The van der Waals surface area contributed by atoms with Crippen molar-refractivity contribution in [1.29, 1.82) is 0 Å². The summed E-state index contributed by atoms with van der Waals surface area (Å²) in [5.41, 5.74) is 0.719. The van der Waals surface area contributed by atoms with Crippen molar-refractivity contribution < 1.29 is 22.0 Å². The molecular weight excluding hydrogens is 386 g/mol. The molecule has 2 aliphatic rings. The Morgan fingerprint density at radius 3 is 2.15 bits per heavy atom. The number of likely N-dealkylation sites (tertiary alicyclic amines) is 1. The van der Waals surface area contributed by atoms with Crippen LogP contribution in [0.3, 0.4) is 0 Å². The Morgan fingerprint density at radius 2 is 1.65 bits per heavy atom. The van der Waals surface area contributed by atoms with Crippen LogP contribution in [0.4, 0.5) is 8.78 Å². The van der Waals surface area contributed by atoms with Crippen LogP contribution < -0.4 is 5.32 Å². The van der Waals surface area contributed by atoms with Crippen LogP contribution in [0.2, 0.25) is 0 Å². The van der Waals surface area contributed by atoms with E-state index < -0.39 is 21.3 Å². The summed E-state index contributed by atoms with van der Waals surface area (Å²) < 4.78 is 47.4. The van der Waals surface area contributed by atoms with Crippen molar-refractivity contribution in [2.75, 3.05) is 26.2 Å². The zero-order chi connectivity index (χ0) is 18.0. The Labute approximate surface area is 158 Å². The zero-order valence-electron chi connectivity index (χ0n) is 14.2. The summed E-state index contributed by atoms with van der Waals surface area (Å²) in [6.07, 6.45) is 1.96. The van der Waals surface area contributed by atoms with E-state index in [4.69, 9.17) is 0 Å². The number of amides is 1. The van der Waals surface area contributed by atoms with E-state index in [0.717, 1.165) is 25.9 Å². The summed E-state index contributed by atoms with van der Waals surface area (Å²) >= 11 is 0. The molecule has 146 valence electrons. The fourth-order valence-corrected chi connectivity index (χ4v) is 4.43. The van der Waals surface area contributed by atoms with Crippen LogP contribution >= 0.6 is 12.4 Å². The molecule has 0 unspecified atom stereocenters. The van der Waals surface area contributed by atoms with Crippen molar-refractivity contribution in [2.24, 2.45) is 11.8 Å². The van der Waals surface area contributed by atoms with E-state index >= 15 is 0 Å². The highest BCUT2D eigenvalue weighted by atomic mass is 35.5. The van der Waals surface area contributed by atoms with Gasteiger partial charge in [-0.25, -0.2) is 8.42 Å². The fourth-order valence-electron chi connectivity index (χ4n) is 3.64. The van der Waals surface area contributed by atoms with Gasteiger partial charge in [-0.05, 0) is 55.5 Å². The number of sulfone groups is 1. The molecule has 3 rings (SSSR count). The molecule has 2 atom stereocenters. The number of rotatable bonds is 4. The van der Waals surface area contributed by atoms with Gasteiger partial charge in [0.05, 0.1) is 5.75 Å². The molecule has 0 aliphatic carbocycles. The summed E-state index contributed by atoms with van der Waals surface area (Å²) in [6, 6.07) is 5.91.